The predicted molar refractivity (Wildman–Crippen MR) is 130 cm³/mol. The van der Waals surface area contributed by atoms with Crippen molar-refractivity contribution in [2.45, 2.75) is 31.7 Å². The van der Waals surface area contributed by atoms with Crippen LogP contribution in [0.5, 0.6) is 5.75 Å². The number of sulfonamides is 1. The van der Waals surface area contributed by atoms with Gasteiger partial charge in [-0.2, -0.15) is 9.57 Å². The maximum absolute atomic E-state index is 13.3. The molecule has 3 rings (SSSR count). The van der Waals surface area contributed by atoms with Crippen molar-refractivity contribution in [3.8, 4) is 11.8 Å². The quantitative estimate of drug-likeness (QED) is 0.596. The zero-order valence-electron chi connectivity index (χ0n) is 20.1. The van der Waals surface area contributed by atoms with E-state index in [1.165, 1.54) is 16.4 Å². The highest BCUT2D eigenvalue weighted by atomic mass is 32.2. The molecule has 1 N–H and O–H groups in total. The number of nitrogens with one attached hydrogen (secondary N) is 1. The second kappa shape index (κ2) is 11.3. The first-order valence-corrected chi connectivity index (χ1v) is 12.9. The molecule has 2 amide bonds. The Labute approximate surface area is 206 Å². The number of carbonyl (C=O) groups excluding carboxylic acids is 2. The molecule has 1 saturated heterocycles. The lowest BCUT2D eigenvalue weighted by atomic mass is 10.0. The lowest BCUT2D eigenvalue weighted by Gasteiger charge is -2.36. The van der Waals surface area contributed by atoms with E-state index in [0.29, 0.717) is 17.9 Å². The van der Waals surface area contributed by atoms with Crippen LogP contribution in [0.3, 0.4) is 0 Å². The van der Waals surface area contributed by atoms with Crippen LogP contribution in [0.2, 0.25) is 0 Å². The molecule has 1 heterocycles. The molecule has 0 spiro atoms. The lowest BCUT2D eigenvalue weighted by Crippen LogP contribution is -2.57. The van der Waals surface area contributed by atoms with Crippen LogP contribution < -0.4 is 10.1 Å². The van der Waals surface area contributed by atoms with Gasteiger partial charge in [-0.25, -0.2) is 8.42 Å². The Morgan fingerprint density at radius 1 is 1.06 bits per heavy atom. The molecule has 0 saturated carbocycles. The van der Waals surface area contributed by atoms with Gasteiger partial charge in [-0.05, 0) is 49.2 Å². The maximum Gasteiger partial charge on any atom is 0.251 e. The number of rotatable bonds is 8. The van der Waals surface area contributed by atoms with Crippen molar-refractivity contribution in [3.05, 3.63) is 59.7 Å². The second-order valence-electron chi connectivity index (χ2n) is 8.49. The van der Waals surface area contributed by atoms with Crippen molar-refractivity contribution in [2.75, 3.05) is 32.8 Å². The summed E-state index contributed by atoms with van der Waals surface area (Å²) in [5.41, 5.74) is 0.502. The normalized spacial score (nSPS) is 15.3. The summed E-state index contributed by atoms with van der Waals surface area (Å²) in [4.78, 5) is 27.6. The fourth-order valence-corrected chi connectivity index (χ4v) is 5.44. The predicted octanol–water partition coefficient (Wildman–Crippen LogP) is 2.24. The van der Waals surface area contributed by atoms with E-state index in [9.17, 15) is 23.3 Å². The zero-order chi connectivity index (χ0) is 25.6. The largest absolute Gasteiger partial charge is 0.494 e. The molecule has 1 aliphatic rings. The van der Waals surface area contributed by atoms with E-state index in [-0.39, 0.29) is 54.4 Å². The monoisotopic (exact) mass is 498 g/mol. The number of amides is 2. The first-order chi connectivity index (χ1) is 16.7. The smallest absolute Gasteiger partial charge is 0.251 e. The molecule has 10 heteroatoms. The highest BCUT2D eigenvalue weighted by molar-refractivity contribution is 7.89. The minimum absolute atomic E-state index is 0.0371. The van der Waals surface area contributed by atoms with Crippen LogP contribution in [0.1, 0.15) is 36.7 Å². The Morgan fingerprint density at radius 2 is 1.69 bits per heavy atom. The van der Waals surface area contributed by atoms with Gasteiger partial charge >= 0.3 is 0 Å². The van der Waals surface area contributed by atoms with E-state index in [4.69, 9.17) is 4.74 Å². The fourth-order valence-electron chi connectivity index (χ4n) is 3.88. The third kappa shape index (κ3) is 5.99. The van der Waals surface area contributed by atoms with E-state index in [0.717, 1.165) is 0 Å². The molecule has 2 aromatic rings. The summed E-state index contributed by atoms with van der Waals surface area (Å²) in [6, 6.07) is 13.9. The summed E-state index contributed by atoms with van der Waals surface area (Å²) in [6.45, 7) is 6.68. The average Bonchev–Trinajstić information content (AvgIpc) is 2.87. The maximum atomic E-state index is 13.3. The van der Waals surface area contributed by atoms with Gasteiger partial charge in [0, 0.05) is 31.7 Å². The lowest BCUT2D eigenvalue weighted by molar-refractivity contribution is -0.135. The number of piperazine rings is 1. The molecule has 0 aliphatic carbocycles. The standard InChI is InChI=1S/C25H30N4O5S/c1-4-34-21-11-9-19(10-12-21)24(30)27-23(18(2)3)25(31)28-13-15-29(16-14-28)35(32,33)22-8-6-5-7-20(22)17-26/h5-12,18,23H,4,13-16H2,1-3H3,(H,27,30)/t23-/m0/s1. The van der Waals surface area contributed by atoms with Gasteiger partial charge in [0.1, 0.15) is 17.9 Å². The van der Waals surface area contributed by atoms with Gasteiger partial charge in [-0.1, -0.05) is 26.0 Å². The molecule has 1 atom stereocenters. The zero-order valence-corrected chi connectivity index (χ0v) is 20.9. The molecule has 1 fully saturated rings. The highest BCUT2D eigenvalue weighted by Crippen LogP contribution is 2.22. The molecule has 1 aliphatic heterocycles. The van der Waals surface area contributed by atoms with E-state index < -0.39 is 16.1 Å². The Bertz CT molecular complexity index is 1200. The van der Waals surface area contributed by atoms with Crippen molar-refractivity contribution in [2.24, 2.45) is 5.92 Å². The van der Waals surface area contributed by atoms with Gasteiger partial charge in [0.2, 0.25) is 15.9 Å². The third-order valence-corrected chi connectivity index (χ3v) is 7.78. The van der Waals surface area contributed by atoms with Crippen LogP contribution in [0, 0.1) is 17.2 Å². The van der Waals surface area contributed by atoms with Crippen molar-refractivity contribution in [3.63, 3.8) is 0 Å². The van der Waals surface area contributed by atoms with Crippen molar-refractivity contribution < 1.29 is 22.7 Å². The molecule has 9 nitrogen and oxygen atoms in total. The first-order valence-electron chi connectivity index (χ1n) is 11.5. The van der Waals surface area contributed by atoms with Crippen molar-refractivity contribution in [1.29, 1.82) is 5.26 Å². The SMILES string of the molecule is CCOc1ccc(C(=O)N[C@H](C(=O)N2CCN(S(=O)(=O)c3ccccc3C#N)CC2)C(C)C)cc1. The van der Waals surface area contributed by atoms with E-state index in [1.807, 2.05) is 26.8 Å². The second-order valence-corrected chi connectivity index (χ2v) is 10.4. The number of nitriles is 1. The third-order valence-electron chi connectivity index (χ3n) is 5.82. The summed E-state index contributed by atoms with van der Waals surface area (Å²) in [5.74, 6) is -0.132. The molecule has 0 bridgehead atoms. The fraction of sp³-hybridized carbons (Fsp3) is 0.400. The van der Waals surface area contributed by atoms with Crippen LogP contribution in [-0.2, 0) is 14.8 Å². The number of benzene rings is 2. The average molecular weight is 499 g/mol. The van der Waals surface area contributed by atoms with Gasteiger partial charge in [0.25, 0.3) is 5.91 Å². The molecule has 0 radical (unpaired) electrons. The van der Waals surface area contributed by atoms with E-state index >= 15 is 0 Å². The van der Waals surface area contributed by atoms with E-state index in [2.05, 4.69) is 5.32 Å². The molecule has 2 aromatic carbocycles. The first kappa shape index (κ1) is 26.2. The highest BCUT2D eigenvalue weighted by Gasteiger charge is 2.35. The van der Waals surface area contributed by atoms with Crippen LogP contribution in [0.15, 0.2) is 53.4 Å². The minimum atomic E-state index is -3.86. The summed E-state index contributed by atoms with van der Waals surface area (Å²) >= 11 is 0. The van der Waals surface area contributed by atoms with Crippen molar-refractivity contribution in [1.82, 2.24) is 14.5 Å². The van der Waals surface area contributed by atoms with Gasteiger partial charge < -0.3 is 15.0 Å². The number of carbonyl (C=O) groups is 2. The summed E-state index contributed by atoms with van der Waals surface area (Å²) in [7, 11) is -3.86. The van der Waals surface area contributed by atoms with Gasteiger partial charge in [0.05, 0.1) is 17.1 Å². The molecule has 0 aromatic heterocycles. The molecule has 35 heavy (non-hydrogen) atoms. The molecule has 0 unspecified atom stereocenters. The topological polar surface area (TPSA) is 120 Å². The van der Waals surface area contributed by atoms with E-state index in [1.54, 1.807) is 41.3 Å². The van der Waals surface area contributed by atoms with Gasteiger partial charge in [0.15, 0.2) is 0 Å². The Morgan fingerprint density at radius 3 is 2.26 bits per heavy atom. The minimum Gasteiger partial charge on any atom is -0.494 e. The summed E-state index contributed by atoms with van der Waals surface area (Å²) < 4.78 is 32.8. The number of hydrogen-bond donors (Lipinski definition) is 1. The Balaban J connectivity index is 1.66. The van der Waals surface area contributed by atoms with Gasteiger partial charge in [-0.15, -0.1) is 0 Å². The Hall–Kier alpha value is -3.42. The van der Waals surface area contributed by atoms with Crippen molar-refractivity contribution >= 4 is 21.8 Å². The molecule has 186 valence electrons. The number of ether oxygens (including phenoxy) is 1. The number of nitrogens with zero attached hydrogens (tertiary/aromatic N) is 3. The summed E-state index contributed by atoms with van der Waals surface area (Å²) in [5, 5.41) is 12.1. The van der Waals surface area contributed by atoms with Crippen LogP contribution >= 0.6 is 0 Å². The molecular weight excluding hydrogens is 468 g/mol. The Kier molecular flexibility index (Phi) is 8.48. The van der Waals surface area contributed by atoms with Crippen LogP contribution in [0.25, 0.3) is 0 Å². The van der Waals surface area contributed by atoms with Gasteiger partial charge in [-0.3, -0.25) is 9.59 Å². The summed E-state index contributed by atoms with van der Waals surface area (Å²) in [6.07, 6.45) is 0. The number of hydrogen-bond acceptors (Lipinski definition) is 6. The van der Waals surface area contributed by atoms with Crippen LogP contribution in [-0.4, -0.2) is 68.3 Å². The molecular formula is C25H30N4O5S. The van der Waals surface area contributed by atoms with Crippen LogP contribution in [0.4, 0.5) is 0 Å².